The van der Waals surface area contributed by atoms with Gasteiger partial charge in [0.15, 0.2) is 0 Å². The molecule has 0 saturated carbocycles. The number of rotatable bonds is 6. The van der Waals surface area contributed by atoms with Crippen LogP contribution >= 0.6 is 11.8 Å². The Morgan fingerprint density at radius 1 is 1.14 bits per heavy atom. The lowest BCUT2D eigenvalue weighted by Crippen LogP contribution is -2.01. The quantitative estimate of drug-likeness (QED) is 0.598. The smallest absolute Gasteiger partial charge is 0.288 e. The minimum Gasteiger partial charge on any atom is -0.492 e. The predicted octanol–water partition coefficient (Wildman–Crippen LogP) is 4.73. The van der Waals surface area contributed by atoms with Crippen molar-refractivity contribution in [2.24, 2.45) is 0 Å². The second-order valence-electron chi connectivity index (χ2n) is 4.15. The first kappa shape index (κ1) is 15.4. The number of halogens is 2. The second kappa shape index (κ2) is 7.17. The molecule has 0 atom stereocenters. The summed E-state index contributed by atoms with van der Waals surface area (Å²) in [6.45, 7) is 2.37. The second-order valence-corrected chi connectivity index (χ2v) is 5.18. The van der Waals surface area contributed by atoms with E-state index in [1.807, 2.05) is 6.92 Å². The van der Waals surface area contributed by atoms with Gasteiger partial charge in [-0.1, -0.05) is 30.0 Å². The Morgan fingerprint density at radius 3 is 2.57 bits per heavy atom. The van der Waals surface area contributed by atoms with Gasteiger partial charge in [0.05, 0.1) is 23.7 Å². The molecule has 0 amide bonds. The van der Waals surface area contributed by atoms with Crippen molar-refractivity contribution in [3.8, 4) is 5.75 Å². The fraction of sp³-hybridized carbons (Fsp3) is 0.200. The lowest BCUT2D eigenvalue weighted by Gasteiger charge is -2.15. The molecule has 0 aliphatic heterocycles. The number of anilines is 3. The van der Waals surface area contributed by atoms with Gasteiger partial charge in [-0.2, -0.15) is 8.78 Å². The third-order valence-electron chi connectivity index (χ3n) is 2.74. The van der Waals surface area contributed by atoms with E-state index >= 15 is 0 Å². The van der Waals surface area contributed by atoms with Crippen LogP contribution in [0.25, 0.3) is 0 Å². The molecule has 3 N–H and O–H groups in total. The van der Waals surface area contributed by atoms with Gasteiger partial charge in [-0.3, -0.25) is 0 Å². The minimum atomic E-state index is -2.47. The van der Waals surface area contributed by atoms with Crippen LogP contribution in [0.2, 0.25) is 0 Å². The Kier molecular flexibility index (Phi) is 5.27. The molecule has 0 spiro atoms. The molecule has 0 heterocycles. The van der Waals surface area contributed by atoms with Crippen molar-refractivity contribution in [1.82, 2.24) is 0 Å². The third-order valence-corrected chi connectivity index (χ3v) is 3.53. The first-order chi connectivity index (χ1) is 10.1. The number of thioether (sulfide) groups is 1. The highest BCUT2D eigenvalue weighted by Crippen LogP contribution is 2.36. The molecule has 6 heteroatoms. The van der Waals surface area contributed by atoms with Crippen LogP contribution in [0.4, 0.5) is 25.8 Å². The van der Waals surface area contributed by atoms with Crippen LogP contribution in [-0.2, 0) is 0 Å². The van der Waals surface area contributed by atoms with E-state index in [1.165, 1.54) is 0 Å². The van der Waals surface area contributed by atoms with Crippen LogP contribution in [-0.4, -0.2) is 12.4 Å². The molecule has 112 valence electrons. The third kappa shape index (κ3) is 4.01. The Hall–Kier alpha value is -1.95. The van der Waals surface area contributed by atoms with Gasteiger partial charge in [0.1, 0.15) is 5.75 Å². The molecule has 0 unspecified atom stereocenters. The molecule has 0 aliphatic carbocycles. The van der Waals surface area contributed by atoms with Gasteiger partial charge < -0.3 is 15.8 Å². The topological polar surface area (TPSA) is 47.3 Å². The monoisotopic (exact) mass is 310 g/mol. The van der Waals surface area contributed by atoms with Crippen LogP contribution in [0.3, 0.4) is 0 Å². The summed E-state index contributed by atoms with van der Waals surface area (Å²) < 4.78 is 30.6. The predicted molar refractivity (Wildman–Crippen MR) is 83.6 cm³/mol. The summed E-state index contributed by atoms with van der Waals surface area (Å²) in [6, 6.07) is 12.2. The maximum Gasteiger partial charge on any atom is 0.288 e. The van der Waals surface area contributed by atoms with E-state index in [4.69, 9.17) is 10.5 Å². The summed E-state index contributed by atoms with van der Waals surface area (Å²) >= 11 is 0.497. The summed E-state index contributed by atoms with van der Waals surface area (Å²) in [6.07, 6.45) is 0. The average molecular weight is 310 g/mol. The number of alkyl halides is 2. The van der Waals surface area contributed by atoms with E-state index in [2.05, 4.69) is 5.32 Å². The fourth-order valence-corrected chi connectivity index (χ4v) is 2.44. The van der Waals surface area contributed by atoms with Crippen molar-refractivity contribution in [3.63, 3.8) is 0 Å². The van der Waals surface area contributed by atoms with Crippen LogP contribution in [0, 0.1) is 0 Å². The molecular weight excluding hydrogens is 294 g/mol. The lowest BCUT2D eigenvalue weighted by molar-refractivity contribution is 0.252. The number of benzene rings is 2. The largest absolute Gasteiger partial charge is 0.492 e. The highest BCUT2D eigenvalue weighted by Gasteiger charge is 2.11. The number of para-hydroxylation sites is 2. The van der Waals surface area contributed by atoms with E-state index in [0.29, 0.717) is 46.1 Å². The number of nitrogen functional groups attached to an aromatic ring is 1. The molecule has 0 fully saturated rings. The Morgan fingerprint density at radius 2 is 1.86 bits per heavy atom. The zero-order chi connectivity index (χ0) is 15.2. The van der Waals surface area contributed by atoms with Gasteiger partial charge in [-0.15, -0.1) is 0 Å². The van der Waals surface area contributed by atoms with Crippen molar-refractivity contribution in [2.75, 3.05) is 17.7 Å². The number of nitrogens with one attached hydrogen (secondary N) is 1. The van der Waals surface area contributed by atoms with E-state index < -0.39 is 5.76 Å². The molecule has 3 nitrogen and oxygen atoms in total. The lowest BCUT2D eigenvalue weighted by atomic mass is 10.2. The number of nitrogens with two attached hydrogens (primary N) is 1. The van der Waals surface area contributed by atoms with Gasteiger partial charge >= 0.3 is 0 Å². The molecular formula is C15H16F2N2OS. The number of hydrogen-bond acceptors (Lipinski definition) is 4. The van der Waals surface area contributed by atoms with Crippen LogP contribution in [0.15, 0.2) is 47.4 Å². The van der Waals surface area contributed by atoms with Crippen LogP contribution < -0.4 is 15.8 Å². The molecule has 2 rings (SSSR count). The SMILES string of the molecule is CCOc1cccc(Nc2ccccc2SC(F)F)c1N. The van der Waals surface area contributed by atoms with Gasteiger partial charge in [0.25, 0.3) is 5.76 Å². The van der Waals surface area contributed by atoms with Crippen molar-refractivity contribution in [2.45, 2.75) is 17.6 Å². The molecule has 21 heavy (non-hydrogen) atoms. The number of ether oxygens (including phenoxy) is 1. The Bertz CT molecular complexity index is 608. The van der Waals surface area contributed by atoms with Crippen molar-refractivity contribution in [3.05, 3.63) is 42.5 Å². The molecule has 0 aliphatic rings. The summed E-state index contributed by atoms with van der Waals surface area (Å²) in [7, 11) is 0. The van der Waals surface area contributed by atoms with Crippen LogP contribution in [0.1, 0.15) is 6.92 Å². The first-order valence-electron chi connectivity index (χ1n) is 6.44. The first-order valence-corrected chi connectivity index (χ1v) is 7.32. The van der Waals surface area contributed by atoms with E-state index in [-0.39, 0.29) is 0 Å². The van der Waals surface area contributed by atoms with Gasteiger partial charge in [0.2, 0.25) is 0 Å². The zero-order valence-electron chi connectivity index (χ0n) is 11.5. The number of hydrogen-bond donors (Lipinski definition) is 2. The maximum absolute atomic E-state index is 12.6. The van der Waals surface area contributed by atoms with Gasteiger partial charge in [0, 0.05) is 4.90 Å². The zero-order valence-corrected chi connectivity index (χ0v) is 12.3. The normalized spacial score (nSPS) is 10.7. The van der Waals surface area contributed by atoms with Crippen molar-refractivity contribution >= 4 is 28.8 Å². The van der Waals surface area contributed by atoms with Gasteiger partial charge in [-0.25, -0.2) is 0 Å². The summed E-state index contributed by atoms with van der Waals surface area (Å²) in [5.74, 6) is -1.90. The average Bonchev–Trinajstić information content (AvgIpc) is 2.45. The summed E-state index contributed by atoms with van der Waals surface area (Å²) in [5, 5.41) is 3.09. The van der Waals surface area contributed by atoms with Crippen molar-refractivity contribution in [1.29, 1.82) is 0 Å². The Balaban J connectivity index is 2.28. The van der Waals surface area contributed by atoms with Crippen LogP contribution in [0.5, 0.6) is 5.75 Å². The molecule has 2 aromatic rings. The summed E-state index contributed by atoms with van der Waals surface area (Å²) in [5.41, 5.74) is 7.70. The molecule has 0 saturated heterocycles. The standard InChI is InChI=1S/C15H16F2N2OS/c1-2-20-12-8-5-7-11(14(12)18)19-10-6-3-4-9-13(10)21-15(16)17/h3-9,15,19H,2,18H2,1H3. The van der Waals surface area contributed by atoms with Gasteiger partial charge in [-0.05, 0) is 31.2 Å². The van der Waals surface area contributed by atoms with E-state index in [0.717, 1.165) is 0 Å². The van der Waals surface area contributed by atoms with Crippen molar-refractivity contribution < 1.29 is 13.5 Å². The molecule has 2 aromatic carbocycles. The van der Waals surface area contributed by atoms with E-state index in [1.54, 1.807) is 42.5 Å². The van der Waals surface area contributed by atoms with E-state index in [9.17, 15) is 8.78 Å². The fourth-order valence-electron chi connectivity index (χ4n) is 1.85. The summed E-state index contributed by atoms with van der Waals surface area (Å²) in [4.78, 5) is 0.466. The highest BCUT2D eigenvalue weighted by molar-refractivity contribution is 7.99. The highest BCUT2D eigenvalue weighted by atomic mass is 32.2. The molecule has 0 radical (unpaired) electrons. The minimum absolute atomic E-state index is 0.455. The maximum atomic E-state index is 12.6. The Labute approximate surface area is 126 Å². The molecule has 0 aromatic heterocycles. The molecule has 0 bridgehead atoms.